The van der Waals surface area contributed by atoms with Gasteiger partial charge < -0.3 is 15.4 Å². The smallest absolute Gasteiger partial charge is 0.341 e. The van der Waals surface area contributed by atoms with Crippen LogP contribution in [0.1, 0.15) is 53.6 Å². The molecular formula is C29H32N2O4S2. The zero-order valence-electron chi connectivity index (χ0n) is 21.3. The molecule has 2 aromatic carbocycles. The maximum absolute atomic E-state index is 13.1. The molecule has 2 N–H and O–H groups in total. The number of carbonyl (C=O) groups is 3. The third kappa shape index (κ3) is 7.02. The average Bonchev–Trinajstić information content (AvgIpc) is 3.21. The maximum atomic E-state index is 13.1. The van der Waals surface area contributed by atoms with Crippen LogP contribution in [0, 0.1) is 5.92 Å². The first kappa shape index (κ1) is 26.9. The lowest BCUT2D eigenvalue weighted by atomic mass is 9.88. The Kier molecular flexibility index (Phi) is 9.05. The maximum Gasteiger partial charge on any atom is 0.341 e. The minimum Gasteiger partial charge on any atom is -0.462 e. The Morgan fingerprint density at radius 2 is 1.89 bits per heavy atom. The summed E-state index contributed by atoms with van der Waals surface area (Å²) in [5.41, 5.74) is 3.17. The predicted molar refractivity (Wildman–Crippen MR) is 151 cm³/mol. The van der Waals surface area contributed by atoms with Gasteiger partial charge in [-0.05, 0) is 68.4 Å². The lowest BCUT2D eigenvalue weighted by Crippen LogP contribution is -2.23. The van der Waals surface area contributed by atoms with Gasteiger partial charge >= 0.3 is 5.97 Å². The Hall–Kier alpha value is -3.10. The van der Waals surface area contributed by atoms with Crippen LogP contribution in [0.15, 0.2) is 59.5 Å². The van der Waals surface area contributed by atoms with Gasteiger partial charge in [-0.1, -0.05) is 43.3 Å². The lowest BCUT2D eigenvalue weighted by molar-refractivity contribution is -0.116. The van der Waals surface area contributed by atoms with Crippen molar-refractivity contribution in [3.8, 4) is 0 Å². The second-order valence-electron chi connectivity index (χ2n) is 9.26. The summed E-state index contributed by atoms with van der Waals surface area (Å²) in [5, 5.41) is 6.10. The third-order valence-electron chi connectivity index (χ3n) is 6.24. The zero-order chi connectivity index (χ0) is 26.4. The van der Waals surface area contributed by atoms with Crippen molar-refractivity contribution >= 4 is 51.6 Å². The second kappa shape index (κ2) is 12.4. The van der Waals surface area contributed by atoms with Gasteiger partial charge in [0.05, 0.1) is 23.8 Å². The minimum absolute atomic E-state index is 0.0957. The van der Waals surface area contributed by atoms with Crippen molar-refractivity contribution in [1.82, 2.24) is 0 Å². The summed E-state index contributed by atoms with van der Waals surface area (Å²) in [6.07, 6.45) is 3.05. The van der Waals surface area contributed by atoms with Crippen LogP contribution >= 0.6 is 23.1 Å². The van der Waals surface area contributed by atoms with Crippen LogP contribution in [0.3, 0.4) is 0 Å². The van der Waals surface area contributed by atoms with E-state index in [4.69, 9.17) is 4.74 Å². The highest BCUT2D eigenvalue weighted by atomic mass is 32.2. The number of esters is 1. The minimum atomic E-state index is -0.414. The first-order valence-electron chi connectivity index (χ1n) is 12.6. The molecule has 1 aromatic heterocycles. The number of fused-ring (bicyclic) bond motifs is 1. The predicted octanol–water partition coefficient (Wildman–Crippen LogP) is 6.35. The monoisotopic (exact) mass is 536 g/mol. The molecule has 1 heterocycles. The van der Waals surface area contributed by atoms with Crippen molar-refractivity contribution in [1.29, 1.82) is 0 Å². The van der Waals surface area contributed by atoms with E-state index in [1.165, 1.54) is 23.1 Å². The van der Waals surface area contributed by atoms with Gasteiger partial charge in [-0.2, -0.15) is 0 Å². The molecule has 37 heavy (non-hydrogen) atoms. The Bertz CT molecular complexity index is 1270. The summed E-state index contributed by atoms with van der Waals surface area (Å²) in [7, 11) is 0. The molecule has 2 amide bonds. The first-order valence-corrected chi connectivity index (χ1v) is 14.3. The number of thiophene rings is 1. The van der Waals surface area contributed by atoms with Gasteiger partial charge in [-0.15, -0.1) is 23.1 Å². The van der Waals surface area contributed by atoms with E-state index in [1.54, 1.807) is 6.92 Å². The molecule has 3 aromatic rings. The number of amides is 2. The SMILES string of the molecule is CCOC(=O)c1c(NC(=O)C(C)Sc2cccc(NC(=O)Cc3ccccc3)c2)sc2c1CCC(C)C2. The topological polar surface area (TPSA) is 84.5 Å². The number of rotatable bonds is 9. The van der Waals surface area contributed by atoms with Crippen LogP contribution in [-0.2, 0) is 33.6 Å². The van der Waals surface area contributed by atoms with Crippen LogP contribution in [-0.4, -0.2) is 29.6 Å². The number of hydrogen-bond donors (Lipinski definition) is 2. The third-order valence-corrected chi connectivity index (χ3v) is 8.50. The fraction of sp³-hybridized carbons (Fsp3) is 0.345. The number of benzene rings is 2. The Labute approximate surface area is 226 Å². The van der Waals surface area contributed by atoms with Crippen molar-refractivity contribution in [2.45, 2.75) is 56.6 Å². The highest BCUT2D eigenvalue weighted by molar-refractivity contribution is 8.00. The summed E-state index contributed by atoms with van der Waals surface area (Å²) in [4.78, 5) is 40.4. The van der Waals surface area contributed by atoms with E-state index < -0.39 is 5.25 Å². The molecule has 194 valence electrons. The number of anilines is 2. The summed E-state index contributed by atoms with van der Waals surface area (Å²) >= 11 is 2.89. The van der Waals surface area contributed by atoms with Gasteiger partial charge in [0.2, 0.25) is 11.8 Å². The zero-order valence-corrected chi connectivity index (χ0v) is 23.0. The van der Waals surface area contributed by atoms with E-state index in [2.05, 4.69) is 17.6 Å². The molecule has 0 saturated heterocycles. The van der Waals surface area contributed by atoms with Crippen LogP contribution in [0.5, 0.6) is 0 Å². The highest BCUT2D eigenvalue weighted by Crippen LogP contribution is 2.40. The van der Waals surface area contributed by atoms with Crippen molar-refractivity contribution < 1.29 is 19.1 Å². The summed E-state index contributed by atoms with van der Waals surface area (Å²) in [6, 6.07) is 17.1. The normalized spacial score (nSPS) is 15.4. The summed E-state index contributed by atoms with van der Waals surface area (Å²) < 4.78 is 5.32. The van der Waals surface area contributed by atoms with E-state index in [0.717, 1.165) is 40.2 Å². The van der Waals surface area contributed by atoms with Gasteiger partial charge in [-0.25, -0.2) is 4.79 Å². The Morgan fingerprint density at radius 1 is 1.11 bits per heavy atom. The molecule has 0 radical (unpaired) electrons. The largest absolute Gasteiger partial charge is 0.462 e. The number of nitrogens with one attached hydrogen (secondary N) is 2. The fourth-order valence-electron chi connectivity index (χ4n) is 4.36. The highest BCUT2D eigenvalue weighted by Gasteiger charge is 2.30. The number of hydrogen-bond acceptors (Lipinski definition) is 6. The quantitative estimate of drug-likeness (QED) is 0.246. The molecule has 2 atom stereocenters. The molecule has 2 unspecified atom stereocenters. The van der Waals surface area contributed by atoms with Crippen LogP contribution in [0.25, 0.3) is 0 Å². The lowest BCUT2D eigenvalue weighted by Gasteiger charge is -2.18. The van der Waals surface area contributed by atoms with E-state index >= 15 is 0 Å². The van der Waals surface area contributed by atoms with Crippen molar-refractivity contribution in [2.75, 3.05) is 17.2 Å². The molecule has 1 aliphatic rings. The van der Waals surface area contributed by atoms with Gasteiger partial charge in [0.25, 0.3) is 0 Å². The molecule has 0 spiro atoms. The van der Waals surface area contributed by atoms with Gasteiger partial charge in [-0.3, -0.25) is 9.59 Å². The van der Waals surface area contributed by atoms with E-state index in [1.807, 2.05) is 61.5 Å². The summed E-state index contributed by atoms with van der Waals surface area (Å²) in [5.74, 6) is -0.0916. The van der Waals surface area contributed by atoms with Gasteiger partial charge in [0, 0.05) is 15.5 Å². The molecule has 0 fully saturated rings. The van der Waals surface area contributed by atoms with Gasteiger partial charge in [0.1, 0.15) is 5.00 Å². The molecule has 0 saturated carbocycles. The second-order valence-corrected chi connectivity index (χ2v) is 11.8. The van der Waals surface area contributed by atoms with E-state index in [-0.39, 0.29) is 24.4 Å². The van der Waals surface area contributed by atoms with Crippen LogP contribution < -0.4 is 10.6 Å². The summed E-state index contributed by atoms with van der Waals surface area (Å²) in [6.45, 7) is 6.12. The average molecular weight is 537 g/mol. The van der Waals surface area contributed by atoms with Crippen molar-refractivity contribution in [2.24, 2.45) is 5.92 Å². The Balaban J connectivity index is 1.41. The number of carbonyl (C=O) groups excluding carboxylic acids is 3. The van der Waals surface area contributed by atoms with E-state index in [0.29, 0.717) is 28.6 Å². The fourth-order valence-corrected chi connectivity index (χ4v) is 6.69. The van der Waals surface area contributed by atoms with Crippen LogP contribution in [0.2, 0.25) is 0 Å². The van der Waals surface area contributed by atoms with Crippen molar-refractivity contribution in [3.63, 3.8) is 0 Å². The standard InChI is InChI=1S/C29H32N2O4S2/c1-4-35-29(34)26-23-14-13-18(2)15-24(23)37-28(26)31-27(33)19(3)36-22-12-8-11-21(17-22)30-25(32)16-20-9-6-5-7-10-20/h5-12,17-19H,4,13-16H2,1-3H3,(H,30,32)(H,31,33). The van der Waals surface area contributed by atoms with E-state index in [9.17, 15) is 14.4 Å². The number of ether oxygens (including phenoxy) is 1. The van der Waals surface area contributed by atoms with Crippen LogP contribution in [0.4, 0.5) is 10.7 Å². The van der Waals surface area contributed by atoms with Gasteiger partial charge in [0.15, 0.2) is 0 Å². The molecule has 4 rings (SSSR count). The molecular weight excluding hydrogens is 504 g/mol. The van der Waals surface area contributed by atoms with Crippen molar-refractivity contribution in [3.05, 3.63) is 76.2 Å². The molecule has 0 bridgehead atoms. The molecule has 1 aliphatic carbocycles. The first-order chi connectivity index (χ1) is 17.8. The molecule has 0 aliphatic heterocycles. The Morgan fingerprint density at radius 3 is 2.65 bits per heavy atom. The molecule has 6 nitrogen and oxygen atoms in total. The molecule has 8 heteroatoms. The number of thioether (sulfide) groups is 1.